The van der Waals surface area contributed by atoms with E-state index in [9.17, 15) is 15.0 Å². The predicted octanol–water partition coefficient (Wildman–Crippen LogP) is 4.30. The molecule has 3 aromatic carbocycles. The number of carbonyl (C=O) groups is 1. The maximum Gasteiger partial charge on any atom is 0.343 e. The first-order valence-electron chi connectivity index (χ1n) is 12.3. The van der Waals surface area contributed by atoms with Crippen LogP contribution in [0.4, 0.5) is 5.69 Å². The number of aromatic hydroxyl groups is 2. The van der Waals surface area contributed by atoms with E-state index in [1.165, 1.54) is 21.3 Å². The third kappa shape index (κ3) is 3.77. The Morgan fingerprint density at radius 1 is 0.921 bits per heavy atom. The van der Waals surface area contributed by atoms with Crippen LogP contribution in [0.3, 0.4) is 0 Å². The number of anilines is 1. The van der Waals surface area contributed by atoms with Crippen LogP contribution in [-0.2, 0) is 11.2 Å². The van der Waals surface area contributed by atoms with Crippen molar-refractivity contribution in [3.05, 3.63) is 58.7 Å². The number of carbonyl (C=O) groups excluding carboxylic acids is 1. The molecule has 0 spiro atoms. The van der Waals surface area contributed by atoms with Gasteiger partial charge in [-0.15, -0.1) is 0 Å². The molecule has 2 N–H and O–H groups in total. The SMILES string of the molecule is COc1ccc2c(c1OC)C(=O)OC2[C@H]1c2c(c(-c3ccc(N(C)C)cc3)c(O)c(O)c2OC)CCN1C. The number of cyclic esters (lactones) is 1. The maximum absolute atomic E-state index is 13.1. The summed E-state index contributed by atoms with van der Waals surface area (Å²) in [5.41, 5.74) is 4.80. The molecule has 0 saturated heterocycles. The Balaban J connectivity index is 1.73. The molecule has 0 saturated carbocycles. The Labute approximate surface area is 221 Å². The standard InChI is InChI=1S/C29H32N2O7/c1-30(2)16-9-7-15(8-10-16)20-17-13-14-31(3)23(21(17)28(37-6)25(33)24(20)32)26-18-11-12-19(35-4)27(36-5)22(18)29(34)38-26/h7-12,23,26,32-33H,13-14H2,1-6H3/t23-,26?/m1/s1. The lowest BCUT2D eigenvalue weighted by Gasteiger charge is -2.39. The van der Waals surface area contributed by atoms with E-state index in [4.69, 9.17) is 18.9 Å². The minimum absolute atomic E-state index is 0.160. The number of likely N-dealkylation sites (N-methyl/N-ethyl adjacent to an activating group) is 1. The molecule has 200 valence electrons. The Hall–Kier alpha value is -4.11. The van der Waals surface area contributed by atoms with Gasteiger partial charge < -0.3 is 34.1 Å². The summed E-state index contributed by atoms with van der Waals surface area (Å²) in [6.07, 6.45) is -0.111. The molecule has 0 amide bonds. The zero-order valence-electron chi connectivity index (χ0n) is 22.4. The van der Waals surface area contributed by atoms with Gasteiger partial charge in [-0.2, -0.15) is 0 Å². The van der Waals surface area contributed by atoms with Crippen molar-refractivity contribution in [2.75, 3.05) is 53.9 Å². The second-order valence-corrected chi connectivity index (χ2v) is 9.71. The summed E-state index contributed by atoms with van der Waals surface area (Å²) in [5.74, 6) is -0.189. The highest BCUT2D eigenvalue weighted by Gasteiger charge is 2.46. The summed E-state index contributed by atoms with van der Waals surface area (Å²) >= 11 is 0. The second kappa shape index (κ2) is 9.64. The molecule has 3 aromatic rings. The number of esters is 1. The van der Waals surface area contributed by atoms with E-state index in [1.807, 2.05) is 56.4 Å². The number of ether oxygens (including phenoxy) is 4. The molecular formula is C29H32N2O7. The number of rotatable bonds is 6. The van der Waals surface area contributed by atoms with Crippen LogP contribution in [0.25, 0.3) is 11.1 Å². The van der Waals surface area contributed by atoms with Gasteiger partial charge in [-0.3, -0.25) is 4.90 Å². The van der Waals surface area contributed by atoms with E-state index >= 15 is 0 Å². The van der Waals surface area contributed by atoms with Gasteiger partial charge in [0, 0.05) is 43.0 Å². The van der Waals surface area contributed by atoms with Gasteiger partial charge in [0.05, 0.1) is 27.4 Å². The van der Waals surface area contributed by atoms with E-state index in [-0.39, 0.29) is 17.2 Å². The lowest BCUT2D eigenvalue weighted by Crippen LogP contribution is -2.36. The third-order valence-corrected chi connectivity index (χ3v) is 7.52. The van der Waals surface area contributed by atoms with Crippen molar-refractivity contribution in [3.63, 3.8) is 0 Å². The fourth-order valence-corrected chi connectivity index (χ4v) is 5.68. The highest BCUT2D eigenvalue weighted by atomic mass is 16.6. The molecular weight excluding hydrogens is 488 g/mol. The van der Waals surface area contributed by atoms with Crippen molar-refractivity contribution in [1.82, 2.24) is 4.90 Å². The van der Waals surface area contributed by atoms with E-state index in [0.717, 1.165) is 16.8 Å². The normalized spacial score (nSPS) is 18.4. The largest absolute Gasteiger partial charge is 0.504 e. The summed E-state index contributed by atoms with van der Waals surface area (Å²) in [4.78, 5) is 17.2. The zero-order chi connectivity index (χ0) is 27.3. The number of phenols is 2. The van der Waals surface area contributed by atoms with Gasteiger partial charge in [-0.25, -0.2) is 4.79 Å². The monoisotopic (exact) mass is 520 g/mol. The highest BCUT2D eigenvalue weighted by molar-refractivity contribution is 5.98. The summed E-state index contributed by atoms with van der Waals surface area (Å²) < 4.78 is 22.6. The quantitative estimate of drug-likeness (QED) is 0.364. The van der Waals surface area contributed by atoms with Crippen LogP contribution in [0.1, 0.15) is 39.2 Å². The molecule has 2 heterocycles. The van der Waals surface area contributed by atoms with E-state index < -0.39 is 18.1 Å². The molecule has 9 nitrogen and oxygen atoms in total. The smallest absolute Gasteiger partial charge is 0.343 e. The van der Waals surface area contributed by atoms with Crippen LogP contribution in [0, 0.1) is 0 Å². The van der Waals surface area contributed by atoms with E-state index in [0.29, 0.717) is 46.7 Å². The Kier molecular flexibility index (Phi) is 6.48. The zero-order valence-corrected chi connectivity index (χ0v) is 22.4. The lowest BCUT2D eigenvalue weighted by molar-refractivity contribution is 0.00873. The minimum atomic E-state index is -0.705. The van der Waals surface area contributed by atoms with Crippen molar-refractivity contribution in [2.24, 2.45) is 0 Å². The molecule has 9 heteroatoms. The summed E-state index contributed by atoms with van der Waals surface area (Å²) in [7, 11) is 10.3. The molecule has 0 aliphatic carbocycles. The average molecular weight is 521 g/mol. The number of fused-ring (bicyclic) bond motifs is 2. The van der Waals surface area contributed by atoms with Crippen molar-refractivity contribution in [1.29, 1.82) is 0 Å². The summed E-state index contributed by atoms with van der Waals surface area (Å²) in [5, 5.41) is 22.3. The number of hydrogen-bond donors (Lipinski definition) is 2. The van der Waals surface area contributed by atoms with Gasteiger partial charge in [0.1, 0.15) is 11.7 Å². The third-order valence-electron chi connectivity index (χ3n) is 7.52. The van der Waals surface area contributed by atoms with Crippen LogP contribution < -0.4 is 19.1 Å². The molecule has 38 heavy (non-hydrogen) atoms. The Bertz CT molecular complexity index is 1400. The number of phenolic OH excluding ortho intramolecular Hbond substituents is 2. The Morgan fingerprint density at radius 2 is 1.61 bits per heavy atom. The number of nitrogens with zero attached hydrogens (tertiary/aromatic N) is 2. The predicted molar refractivity (Wildman–Crippen MR) is 143 cm³/mol. The topological polar surface area (TPSA) is 101 Å². The molecule has 0 aromatic heterocycles. The fourth-order valence-electron chi connectivity index (χ4n) is 5.68. The van der Waals surface area contributed by atoms with Gasteiger partial charge in [-0.05, 0) is 42.8 Å². The van der Waals surface area contributed by atoms with E-state index in [2.05, 4.69) is 4.90 Å². The van der Waals surface area contributed by atoms with Crippen LogP contribution in [0.15, 0.2) is 36.4 Å². The van der Waals surface area contributed by atoms with Gasteiger partial charge in [0.2, 0.25) is 5.75 Å². The van der Waals surface area contributed by atoms with Gasteiger partial charge in [0.15, 0.2) is 23.0 Å². The number of hydrogen-bond acceptors (Lipinski definition) is 9. The molecule has 1 unspecified atom stereocenters. The first-order chi connectivity index (χ1) is 18.2. The van der Waals surface area contributed by atoms with E-state index in [1.54, 1.807) is 6.07 Å². The summed E-state index contributed by atoms with van der Waals surface area (Å²) in [6.45, 7) is 0.629. The van der Waals surface area contributed by atoms with Crippen molar-refractivity contribution in [2.45, 2.75) is 18.6 Å². The van der Waals surface area contributed by atoms with Gasteiger partial charge in [-0.1, -0.05) is 18.2 Å². The first-order valence-corrected chi connectivity index (χ1v) is 12.3. The lowest BCUT2D eigenvalue weighted by atomic mass is 9.81. The van der Waals surface area contributed by atoms with Crippen molar-refractivity contribution in [3.8, 4) is 39.9 Å². The minimum Gasteiger partial charge on any atom is -0.504 e. The van der Waals surface area contributed by atoms with Gasteiger partial charge >= 0.3 is 5.97 Å². The van der Waals surface area contributed by atoms with Crippen LogP contribution in [0.5, 0.6) is 28.7 Å². The average Bonchev–Trinajstić information content (AvgIpc) is 3.25. The van der Waals surface area contributed by atoms with Crippen LogP contribution >= 0.6 is 0 Å². The van der Waals surface area contributed by atoms with Gasteiger partial charge in [0.25, 0.3) is 0 Å². The molecule has 0 fully saturated rings. The second-order valence-electron chi connectivity index (χ2n) is 9.71. The Morgan fingerprint density at radius 3 is 2.21 bits per heavy atom. The molecule has 2 aliphatic rings. The molecule has 2 atom stereocenters. The highest BCUT2D eigenvalue weighted by Crippen LogP contribution is 2.57. The van der Waals surface area contributed by atoms with Crippen LogP contribution in [0.2, 0.25) is 0 Å². The molecule has 2 aliphatic heterocycles. The summed E-state index contributed by atoms with van der Waals surface area (Å²) in [6, 6.07) is 10.8. The van der Waals surface area contributed by atoms with Crippen molar-refractivity contribution < 1.29 is 34.0 Å². The number of benzene rings is 3. The van der Waals surface area contributed by atoms with Crippen LogP contribution in [-0.4, -0.2) is 70.1 Å². The maximum atomic E-state index is 13.1. The fraction of sp³-hybridized carbons (Fsp3) is 0.345. The first kappa shape index (κ1) is 25.5. The molecule has 5 rings (SSSR count). The molecule has 0 bridgehead atoms. The molecule has 0 radical (unpaired) electrons. The number of methoxy groups -OCH3 is 3. The van der Waals surface area contributed by atoms with Crippen molar-refractivity contribution >= 4 is 11.7 Å².